The predicted octanol–water partition coefficient (Wildman–Crippen LogP) is 5.69. The van der Waals surface area contributed by atoms with Crippen LogP contribution in [0.2, 0.25) is 5.02 Å². The normalized spacial score (nSPS) is 13.7. The SMILES string of the molecule is Clc1ccccc1OCc1nnc(SCc2cccc3cccnc23)n1C1CC1. The molecule has 29 heavy (non-hydrogen) atoms. The van der Waals surface area contributed by atoms with Gasteiger partial charge in [0.2, 0.25) is 0 Å². The highest BCUT2D eigenvalue weighted by Crippen LogP contribution is 2.40. The summed E-state index contributed by atoms with van der Waals surface area (Å²) in [4.78, 5) is 4.55. The van der Waals surface area contributed by atoms with Crippen LogP contribution in [0.3, 0.4) is 0 Å². The van der Waals surface area contributed by atoms with Gasteiger partial charge in [0, 0.05) is 23.4 Å². The van der Waals surface area contributed by atoms with Crippen LogP contribution >= 0.6 is 23.4 Å². The second kappa shape index (κ2) is 8.05. The standard InChI is InChI=1S/C22H19ClN4OS/c23-18-8-1-2-9-19(18)28-13-20-25-26-22(27(20)17-10-11-17)29-14-16-6-3-5-15-7-4-12-24-21(15)16/h1-9,12,17H,10-11,13-14H2. The summed E-state index contributed by atoms with van der Waals surface area (Å²) in [5.74, 6) is 2.30. The molecule has 2 aromatic carbocycles. The summed E-state index contributed by atoms with van der Waals surface area (Å²) >= 11 is 7.89. The van der Waals surface area contributed by atoms with Crippen LogP contribution in [0.15, 0.2) is 66.0 Å². The van der Waals surface area contributed by atoms with Crippen LogP contribution in [0.25, 0.3) is 10.9 Å². The highest BCUT2D eigenvalue weighted by Gasteiger charge is 2.30. The lowest BCUT2D eigenvalue weighted by atomic mass is 10.1. The second-order valence-electron chi connectivity index (χ2n) is 7.00. The van der Waals surface area contributed by atoms with E-state index in [1.165, 1.54) is 5.56 Å². The number of thioether (sulfide) groups is 1. The number of ether oxygens (including phenoxy) is 1. The molecule has 146 valence electrons. The Hall–Kier alpha value is -2.57. The zero-order valence-electron chi connectivity index (χ0n) is 15.7. The van der Waals surface area contributed by atoms with Gasteiger partial charge in [-0.1, -0.05) is 59.8 Å². The van der Waals surface area contributed by atoms with E-state index in [0.717, 1.165) is 40.5 Å². The molecule has 0 bridgehead atoms. The quantitative estimate of drug-likeness (QED) is 0.358. The first kappa shape index (κ1) is 18.5. The van der Waals surface area contributed by atoms with E-state index >= 15 is 0 Å². The van der Waals surface area contributed by atoms with E-state index in [1.807, 2.05) is 36.5 Å². The van der Waals surface area contributed by atoms with Crippen LogP contribution in [0.4, 0.5) is 0 Å². The van der Waals surface area contributed by atoms with E-state index in [-0.39, 0.29) is 0 Å². The summed E-state index contributed by atoms with van der Waals surface area (Å²) in [7, 11) is 0. The summed E-state index contributed by atoms with van der Waals surface area (Å²) in [6, 6.07) is 18.3. The van der Waals surface area contributed by atoms with E-state index < -0.39 is 0 Å². The van der Waals surface area contributed by atoms with Crippen molar-refractivity contribution in [2.45, 2.75) is 36.4 Å². The topological polar surface area (TPSA) is 52.8 Å². The molecule has 1 aliphatic carbocycles. The van der Waals surface area contributed by atoms with Crippen molar-refractivity contribution in [3.05, 3.63) is 77.2 Å². The van der Waals surface area contributed by atoms with Crippen molar-refractivity contribution < 1.29 is 4.74 Å². The molecule has 0 amide bonds. The lowest BCUT2D eigenvalue weighted by molar-refractivity contribution is 0.288. The molecule has 5 rings (SSSR count). The number of halogens is 1. The molecule has 0 N–H and O–H groups in total. The fourth-order valence-corrected chi connectivity index (χ4v) is 4.53. The molecule has 0 unspecified atom stereocenters. The number of benzene rings is 2. The van der Waals surface area contributed by atoms with Crippen LogP contribution < -0.4 is 4.74 Å². The van der Waals surface area contributed by atoms with Crippen LogP contribution in [-0.4, -0.2) is 19.7 Å². The van der Waals surface area contributed by atoms with Crippen molar-refractivity contribution in [1.82, 2.24) is 19.7 Å². The highest BCUT2D eigenvalue weighted by molar-refractivity contribution is 7.98. The van der Waals surface area contributed by atoms with Gasteiger partial charge >= 0.3 is 0 Å². The van der Waals surface area contributed by atoms with Crippen molar-refractivity contribution in [3.63, 3.8) is 0 Å². The second-order valence-corrected chi connectivity index (χ2v) is 8.35. The Morgan fingerprint density at radius 3 is 2.76 bits per heavy atom. The molecule has 1 fully saturated rings. The molecule has 1 saturated carbocycles. The minimum Gasteiger partial charge on any atom is -0.484 e. The van der Waals surface area contributed by atoms with Crippen molar-refractivity contribution >= 4 is 34.3 Å². The number of para-hydroxylation sites is 2. The van der Waals surface area contributed by atoms with Gasteiger partial charge in [0.25, 0.3) is 0 Å². The fourth-order valence-electron chi connectivity index (χ4n) is 3.33. The Balaban J connectivity index is 1.35. The first-order valence-corrected chi connectivity index (χ1v) is 10.9. The molecule has 2 heterocycles. The van der Waals surface area contributed by atoms with Gasteiger partial charge < -0.3 is 4.74 Å². The summed E-state index contributed by atoms with van der Waals surface area (Å²) in [6.07, 6.45) is 4.15. The molecule has 2 aromatic heterocycles. The number of hydrogen-bond acceptors (Lipinski definition) is 5. The van der Waals surface area contributed by atoms with Crippen LogP contribution in [0, 0.1) is 0 Å². The molecule has 0 atom stereocenters. The smallest absolute Gasteiger partial charge is 0.191 e. The predicted molar refractivity (Wildman–Crippen MR) is 115 cm³/mol. The number of hydrogen-bond donors (Lipinski definition) is 0. The van der Waals surface area contributed by atoms with Crippen molar-refractivity contribution in [2.24, 2.45) is 0 Å². The zero-order chi connectivity index (χ0) is 19.6. The summed E-state index contributed by atoms with van der Waals surface area (Å²) < 4.78 is 8.12. The van der Waals surface area contributed by atoms with E-state index in [4.69, 9.17) is 16.3 Å². The lowest BCUT2D eigenvalue weighted by Gasteiger charge is -2.11. The number of rotatable bonds is 7. The third kappa shape index (κ3) is 3.95. The van der Waals surface area contributed by atoms with Crippen molar-refractivity contribution in [1.29, 1.82) is 0 Å². The summed E-state index contributed by atoms with van der Waals surface area (Å²) in [5.41, 5.74) is 2.24. The Labute approximate surface area is 178 Å². The maximum atomic E-state index is 6.20. The summed E-state index contributed by atoms with van der Waals surface area (Å²) in [5, 5.41) is 11.5. The monoisotopic (exact) mass is 422 g/mol. The summed E-state index contributed by atoms with van der Waals surface area (Å²) in [6.45, 7) is 0.351. The zero-order valence-corrected chi connectivity index (χ0v) is 17.2. The molecule has 4 aromatic rings. The molecule has 0 radical (unpaired) electrons. The lowest BCUT2D eigenvalue weighted by Crippen LogP contribution is -2.07. The number of pyridine rings is 1. The van der Waals surface area contributed by atoms with Gasteiger partial charge in [0.05, 0.1) is 10.5 Å². The number of nitrogens with zero attached hydrogens (tertiary/aromatic N) is 4. The Morgan fingerprint density at radius 2 is 1.90 bits per heavy atom. The third-order valence-corrected chi connectivity index (χ3v) is 6.22. The average molecular weight is 423 g/mol. The Morgan fingerprint density at radius 1 is 1.03 bits per heavy atom. The largest absolute Gasteiger partial charge is 0.484 e. The minimum absolute atomic E-state index is 0.351. The van der Waals surface area contributed by atoms with Crippen LogP contribution in [0.5, 0.6) is 5.75 Å². The van der Waals surface area contributed by atoms with Gasteiger partial charge in [-0.25, -0.2) is 0 Å². The van der Waals surface area contributed by atoms with Gasteiger partial charge in [-0.15, -0.1) is 10.2 Å². The van der Waals surface area contributed by atoms with Gasteiger partial charge in [0.1, 0.15) is 12.4 Å². The van der Waals surface area contributed by atoms with Crippen LogP contribution in [0.1, 0.15) is 30.3 Å². The van der Waals surface area contributed by atoms with Gasteiger partial charge in [-0.05, 0) is 36.6 Å². The number of fused-ring (bicyclic) bond motifs is 1. The molecular weight excluding hydrogens is 404 g/mol. The third-order valence-electron chi connectivity index (χ3n) is 4.91. The minimum atomic E-state index is 0.351. The Bertz CT molecular complexity index is 1150. The van der Waals surface area contributed by atoms with E-state index in [1.54, 1.807) is 11.8 Å². The molecule has 7 heteroatoms. The Kier molecular flexibility index (Phi) is 5.12. The fraction of sp³-hybridized carbons (Fsp3) is 0.227. The maximum absolute atomic E-state index is 6.20. The first-order chi connectivity index (χ1) is 14.3. The van der Waals surface area contributed by atoms with E-state index in [2.05, 4.69) is 44.0 Å². The van der Waals surface area contributed by atoms with E-state index in [9.17, 15) is 0 Å². The van der Waals surface area contributed by atoms with Crippen LogP contribution in [-0.2, 0) is 12.4 Å². The molecule has 0 aliphatic heterocycles. The number of aromatic nitrogens is 4. The molecule has 5 nitrogen and oxygen atoms in total. The highest BCUT2D eigenvalue weighted by atomic mass is 35.5. The van der Waals surface area contributed by atoms with E-state index in [0.29, 0.717) is 23.4 Å². The molecular formula is C22H19ClN4OS. The molecule has 0 saturated heterocycles. The first-order valence-electron chi connectivity index (χ1n) is 9.56. The van der Waals surface area contributed by atoms with Gasteiger partial charge in [-0.2, -0.15) is 0 Å². The average Bonchev–Trinajstić information content (AvgIpc) is 3.51. The van der Waals surface area contributed by atoms with Crippen molar-refractivity contribution in [2.75, 3.05) is 0 Å². The van der Waals surface area contributed by atoms with Crippen molar-refractivity contribution in [3.8, 4) is 5.75 Å². The van der Waals surface area contributed by atoms with Gasteiger partial charge in [-0.3, -0.25) is 9.55 Å². The molecule has 1 aliphatic rings. The van der Waals surface area contributed by atoms with Gasteiger partial charge in [0.15, 0.2) is 11.0 Å². The molecule has 0 spiro atoms. The maximum Gasteiger partial charge on any atom is 0.191 e.